The maximum absolute atomic E-state index is 12.5. The van der Waals surface area contributed by atoms with Crippen molar-refractivity contribution in [2.75, 3.05) is 0 Å². The summed E-state index contributed by atoms with van der Waals surface area (Å²) in [5.41, 5.74) is 1.75. The van der Waals surface area contributed by atoms with Crippen molar-refractivity contribution in [1.29, 1.82) is 0 Å². The largest absolute Gasteiger partial charge is 0.388 e. The van der Waals surface area contributed by atoms with Crippen LogP contribution in [-0.2, 0) is 4.84 Å². The molecular weight excluding hydrogens is 157 g/mol. The fraction of sp³-hybridized carbons (Fsp3) is 0.111. The number of hydrogen-bond donors (Lipinski definition) is 0. The molecule has 0 spiro atoms. The smallest absolute Gasteiger partial charge is 0.172 e. The third-order valence-corrected chi connectivity index (χ3v) is 1.69. The molecule has 1 aliphatic heterocycles. The first-order valence-corrected chi connectivity index (χ1v) is 3.66. The van der Waals surface area contributed by atoms with E-state index in [0.29, 0.717) is 6.42 Å². The van der Waals surface area contributed by atoms with Crippen LogP contribution in [0.2, 0.25) is 0 Å². The predicted molar refractivity (Wildman–Crippen MR) is 42.9 cm³/mol. The van der Waals surface area contributed by atoms with Gasteiger partial charge in [-0.25, -0.2) is 4.39 Å². The maximum atomic E-state index is 12.5. The molecule has 1 radical (unpaired) electrons. The number of nitrogens with zero attached hydrogens (tertiary/aromatic N) is 1. The molecule has 0 unspecified atom stereocenters. The molecule has 2 rings (SSSR count). The fourth-order valence-corrected chi connectivity index (χ4v) is 1.07. The highest BCUT2D eigenvalue weighted by Gasteiger charge is 2.10. The highest BCUT2D eigenvalue weighted by Crippen LogP contribution is 2.13. The summed E-state index contributed by atoms with van der Waals surface area (Å²) in [6, 6.07) is 6.21. The molecule has 1 heterocycles. The van der Waals surface area contributed by atoms with E-state index in [1.807, 2.05) is 0 Å². The summed E-state index contributed by atoms with van der Waals surface area (Å²) in [5, 5.41) is 3.77. The molecule has 0 saturated carbocycles. The Morgan fingerprint density at radius 2 is 2.00 bits per heavy atom. The van der Waals surface area contributed by atoms with Gasteiger partial charge in [0.25, 0.3) is 0 Å². The molecule has 0 saturated heterocycles. The second-order valence-corrected chi connectivity index (χ2v) is 2.52. The van der Waals surface area contributed by atoms with Crippen LogP contribution in [-0.4, -0.2) is 5.71 Å². The Kier molecular flexibility index (Phi) is 1.78. The van der Waals surface area contributed by atoms with Gasteiger partial charge in [0.2, 0.25) is 0 Å². The highest BCUT2D eigenvalue weighted by atomic mass is 19.1. The number of oxime groups is 1. The number of benzene rings is 1. The minimum atomic E-state index is -0.234. The minimum Gasteiger partial charge on any atom is -0.388 e. The van der Waals surface area contributed by atoms with Gasteiger partial charge < -0.3 is 4.84 Å². The molecule has 1 aromatic carbocycles. The molecule has 1 aliphatic rings. The maximum Gasteiger partial charge on any atom is 0.172 e. The first kappa shape index (κ1) is 7.28. The third-order valence-electron chi connectivity index (χ3n) is 1.69. The average Bonchev–Trinajstić information content (AvgIpc) is 2.58. The van der Waals surface area contributed by atoms with E-state index in [1.165, 1.54) is 12.1 Å². The molecule has 0 atom stereocenters. The molecule has 3 heteroatoms. The molecule has 0 aromatic heterocycles. The number of hydrogen-bond acceptors (Lipinski definition) is 2. The van der Waals surface area contributed by atoms with E-state index < -0.39 is 0 Å². The van der Waals surface area contributed by atoms with Gasteiger partial charge in [0.15, 0.2) is 6.61 Å². The summed E-state index contributed by atoms with van der Waals surface area (Å²) >= 11 is 0. The van der Waals surface area contributed by atoms with E-state index in [4.69, 9.17) is 4.84 Å². The van der Waals surface area contributed by atoms with Gasteiger partial charge in [-0.05, 0) is 17.7 Å². The molecule has 0 amide bonds. The van der Waals surface area contributed by atoms with E-state index in [9.17, 15) is 4.39 Å². The van der Waals surface area contributed by atoms with Gasteiger partial charge >= 0.3 is 0 Å². The van der Waals surface area contributed by atoms with Crippen molar-refractivity contribution in [2.24, 2.45) is 5.16 Å². The number of halogens is 1. The Labute approximate surface area is 69.6 Å². The zero-order chi connectivity index (χ0) is 8.39. The fourth-order valence-electron chi connectivity index (χ4n) is 1.07. The summed E-state index contributed by atoms with van der Waals surface area (Å²) in [6.07, 6.45) is 0.686. The first-order chi connectivity index (χ1) is 5.86. The number of rotatable bonds is 1. The summed E-state index contributed by atoms with van der Waals surface area (Å²) in [4.78, 5) is 4.71. The van der Waals surface area contributed by atoms with Crippen LogP contribution < -0.4 is 0 Å². The predicted octanol–water partition coefficient (Wildman–Crippen LogP) is 2.11. The van der Waals surface area contributed by atoms with Gasteiger partial charge in [0, 0.05) is 6.42 Å². The average molecular weight is 164 g/mol. The van der Waals surface area contributed by atoms with Crippen molar-refractivity contribution in [3.8, 4) is 0 Å². The van der Waals surface area contributed by atoms with E-state index in [0.717, 1.165) is 11.3 Å². The van der Waals surface area contributed by atoms with Crippen LogP contribution in [0.1, 0.15) is 12.0 Å². The third kappa shape index (κ3) is 1.30. The van der Waals surface area contributed by atoms with Crippen molar-refractivity contribution in [2.45, 2.75) is 6.42 Å². The quantitative estimate of drug-likeness (QED) is 0.623. The Morgan fingerprint density at radius 1 is 1.25 bits per heavy atom. The standard InChI is InChI=1S/C9H7FNO/c10-8-3-1-7(2-4-8)9-5-6-12-11-9/h1-4,6H,5H2. The molecule has 0 bridgehead atoms. The van der Waals surface area contributed by atoms with Gasteiger partial charge in [-0.2, -0.15) is 0 Å². The summed E-state index contributed by atoms with van der Waals surface area (Å²) < 4.78 is 12.5. The SMILES string of the molecule is Fc1ccc(C2=NO[CH]C2)cc1. The molecule has 0 N–H and O–H groups in total. The van der Waals surface area contributed by atoms with Crippen molar-refractivity contribution >= 4 is 5.71 Å². The molecule has 2 nitrogen and oxygen atoms in total. The topological polar surface area (TPSA) is 21.6 Å². The van der Waals surface area contributed by atoms with Crippen LogP contribution in [0.4, 0.5) is 4.39 Å². The van der Waals surface area contributed by atoms with Gasteiger partial charge in [-0.1, -0.05) is 17.3 Å². The summed E-state index contributed by atoms with van der Waals surface area (Å²) in [5.74, 6) is -0.234. The van der Waals surface area contributed by atoms with Crippen LogP contribution in [0.5, 0.6) is 0 Å². The van der Waals surface area contributed by atoms with E-state index in [2.05, 4.69) is 5.16 Å². The molecule has 1 aromatic rings. The Hall–Kier alpha value is -1.38. The molecule has 0 aliphatic carbocycles. The second kappa shape index (κ2) is 2.93. The van der Waals surface area contributed by atoms with E-state index in [-0.39, 0.29) is 5.82 Å². The van der Waals surface area contributed by atoms with Gasteiger partial charge in [0.05, 0.1) is 5.71 Å². The minimum absolute atomic E-state index is 0.234. The van der Waals surface area contributed by atoms with Crippen molar-refractivity contribution < 1.29 is 9.23 Å². The van der Waals surface area contributed by atoms with E-state index >= 15 is 0 Å². The lowest BCUT2D eigenvalue weighted by atomic mass is 10.1. The normalized spacial score (nSPS) is 15.6. The summed E-state index contributed by atoms with van der Waals surface area (Å²) in [6.45, 7) is 1.61. The highest BCUT2D eigenvalue weighted by molar-refractivity contribution is 6.01. The molecule has 61 valence electrons. The van der Waals surface area contributed by atoms with Crippen molar-refractivity contribution in [3.63, 3.8) is 0 Å². The zero-order valence-corrected chi connectivity index (χ0v) is 6.33. The molecular formula is C9H7FNO. The van der Waals surface area contributed by atoms with Crippen LogP contribution in [0.15, 0.2) is 29.4 Å². The lowest BCUT2D eigenvalue weighted by Crippen LogP contribution is -1.95. The zero-order valence-electron chi connectivity index (χ0n) is 6.33. The second-order valence-electron chi connectivity index (χ2n) is 2.52. The van der Waals surface area contributed by atoms with Gasteiger partial charge in [0.1, 0.15) is 5.82 Å². The van der Waals surface area contributed by atoms with E-state index in [1.54, 1.807) is 18.7 Å². The monoisotopic (exact) mass is 164 g/mol. The van der Waals surface area contributed by atoms with Gasteiger partial charge in [-0.15, -0.1) is 0 Å². The molecule has 12 heavy (non-hydrogen) atoms. The van der Waals surface area contributed by atoms with Crippen LogP contribution in [0, 0.1) is 12.4 Å². The lowest BCUT2D eigenvalue weighted by Gasteiger charge is -1.95. The first-order valence-electron chi connectivity index (χ1n) is 3.66. The van der Waals surface area contributed by atoms with Crippen LogP contribution >= 0.6 is 0 Å². The van der Waals surface area contributed by atoms with Crippen LogP contribution in [0.3, 0.4) is 0 Å². The molecule has 0 fully saturated rings. The summed E-state index contributed by atoms with van der Waals surface area (Å²) in [7, 11) is 0. The Bertz CT molecular complexity index is 305. The van der Waals surface area contributed by atoms with Crippen LogP contribution in [0.25, 0.3) is 0 Å². The Morgan fingerprint density at radius 3 is 2.58 bits per heavy atom. The van der Waals surface area contributed by atoms with Gasteiger partial charge in [-0.3, -0.25) is 0 Å². The van der Waals surface area contributed by atoms with Crippen molar-refractivity contribution in [1.82, 2.24) is 0 Å². The lowest BCUT2D eigenvalue weighted by molar-refractivity contribution is 0.234. The van der Waals surface area contributed by atoms with Crippen molar-refractivity contribution in [3.05, 3.63) is 42.3 Å². The Balaban J connectivity index is 2.28.